The molecule has 9 heteroatoms. The number of nitrogens with zero attached hydrogens (tertiary/aromatic N) is 1. The summed E-state index contributed by atoms with van der Waals surface area (Å²) in [6.45, 7) is 1.66. The Morgan fingerprint density at radius 1 is 0.966 bits per heavy atom. The van der Waals surface area contributed by atoms with Crippen molar-refractivity contribution in [2.45, 2.75) is 11.8 Å². The van der Waals surface area contributed by atoms with E-state index >= 15 is 0 Å². The fourth-order valence-corrected chi connectivity index (χ4v) is 6.01. The van der Waals surface area contributed by atoms with Crippen LogP contribution in [0.5, 0.6) is 0 Å². The van der Waals surface area contributed by atoms with E-state index in [9.17, 15) is 8.42 Å². The Morgan fingerprint density at radius 3 is 2.52 bits per heavy atom. The van der Waals surface area contributed by atoms with Gasteiger partial charge in [0.2, 0.25) is 0 Å². The van der Waals surface area contributed by atoms with Gasteiger partial charge in [0.25, 0.3) is 10.0 Å². The number of thiazole rings is 1. The van der Waals surface area contributed by atoms with Gasteiger partial charge in [-0.25, -0.2) is 13.4 Å². The highest BCUT2D eigenvalue weighted by atomic mass is 35.5. The molecule has 0 bridgehead atoms. The molecule has 148 valence electrons. The van der Waals surface area contributed by atoms with Gasteiger partial charge in [0.1, 0.15) is 5.01 Å². The van der Waals surface area contributed by atoms with E-state index < -0.39 is 10.0 Å². The maximum Gasteiger partial charge on any atom is 0.262 e. The first-order chi connectivity index (χ1) is 13.7. The lowest BCUT2D eigenvalue weighted by Gasteiger charge is -2.12. The maximum absolute atomic E-state index is 12.8. The number of halogens is 3. The van der Waals surface area contributed by atoms with Crippen LogP contribution in [0.4, 0.5) is 5.69 Å². The summed E-state index contributed by atoms with van der Waals surface area (Å²) in [6.07, 6.45) is 0. The van der Waals surface area contributed by atoms with Crippen LogP contribution in [0.25, 0.3) is 20.8 Å². The fraction of sp³-hybridized carbons (Fsp3) is 0.0500. The number of hydrogen-bond acceptors (Lipinski definition) is 4. The standard InChI is InChI=1S/C20H13Cl3N2O2S2/c1-11-15(22)3-2-4-19(11)29(26,27)25-13-6-7-14(16(23)10-13)20-24-17-8-5-12(21)9-18(17)28-20/h2-10,25H,1H3. The highest BCUT2D eigenvalue weighted by Crippen LogP contribution is 2.37. The SMILES string of the molecule is Cc1c(Cl)cccc1S(=O)(=O)Nc1ccc(-c2nc3ccc(Cl)cc3s2)c(Cl)c1. The molecule has 3 aromatic carbocycles. The molecule has 0 spiro atoms. The summed E-state index contributed by atoms with van der Waals surface area (Å²) in [5.41, 5.74) is 2.37. The maximum atomic E-state index is 12.8. The first kappa shape index (κ1) is 20.4. The van der Waals surface area contributed by atoms with Crippen LogP contribution in [-0.2, 0) is 10.0 Å². The molecular weight excluding hydrogens is 471 g/mol. The molecule has 0 fully saturated rings. The van der Waals surface area contributed by atoms with Crippen molar-refractivity contribution in [3.05, 3.63) is 75.2 Å². The molecule has 0 saturated heterocycles. The Morgan fingerprint density at radius 2 is 1.76 bits per heavy atom. The highest BCUT2D eigenvalue weighted by molar-refractivity contribution is 7.92. The number of hydrogen-bond donors (Lipinski definition) is 1. The average molecular weight is 484 g/mol. The summed E-state index contributed by atoms with van der Waals surface area (Å²) >= 11 is 20.0. The van der Waals surface area contributed by atoms with Gasteiger partial charge in [-0.05, 0) is 61.0 Å². The minimum atomic E-state index is -3.81. The average Bonchev–Trinajstić information content (AvgIpc) is 3.06. The highest BCUT2D eigenvalue weighted by Gasteiger charge is 2.19. The van der Waals surface area contributed by atoms with Crippen molar-refractivity contribution >= 4 is 72.1 Å². The van der Waals surface area contributed by atoms with E-state index in [1.54, 1.807) is 43.3 Å². The number of nitrogens with one attached hydrogen (secondary N) is 1. The normalized spacial score (nSPS) is 11.7. The van der Waals surface area contributed by atoms with Gasteiger partial charge in [0.05, 0.1) is 25.8 Å². The number of sulfonamides is 1. The van der Waals surface area contributed by atoms with Gasteiger partial charge < -0.3 is 0 Å². The van der Waals surface area contributed by atoms with Crippen molar-refractivity contribution in [2.24, 2.45) is 0 Å². The van der Waals surface area contributed by atoms with Crippen molar-refractivity contribution in [2.75, 3.05) is 4.72 Å². The summed E-state index contributed by atoms with van der Waals surface area (Å²) in [5, 5.41) is 2.14. The van der Waals surface area contributed by atoms with Crippen LogP contribution in [0, 0.1) is 6.92 Å². The molecule has 0 atom stereocenters. The van der Waals surface area contributed by atoms with Crippen LogP contribution in [0.1, 0.15) is 5.56 Å². The van der Waals surface area contributed by atoms with Gasteiger partial charge in [0, 0.05) is 15.6 Å². The first-order valence-electron chi connectivity index (χ1n) is 8.38. The van der Waals surface area contributed by atoms with Gasteiger partial charge in [-0.15, -0.1) is 11.3 Å². The molecule has 1 aromatic heterocycles. The Kier molecular flexibility index (Phi) is 5.48. The van der Waals surface area contributed by atoms with Gasteiger partial charge in [-0.3, -0.25) is 4.72 Å². The molecule has 0 aliphatic heterocycles. The molecule has 4 nitrogen and oxygen atoms in total. The molecule has 4 rings (SSSR count). The van der Waals surface area contributed by atoms with Crippen molar-refractivity contribution < 1.29 is 8.42 Å². The molecule has 0 aliphatic rings. The summed E-state index contributed by atoms with van der Waals surface area (Å²) in [4.78, 5) is 4.70. The quantitative estimate of drug-likeness (QED) is 0.339. The van der Waals surface area contributed by atoms with Gasteiger partial charge in [-0.1, -0.05) is 40.9 Å². The lowest BCUT2D eigenvalue weighted by molar-refractivity contribution is 0.600. The number of rotatable bonds is 4. The van der Waals surface area contributed by atoms with Crippen LogP contribution in [-0.4, -0.2) is 13.4 Å². The zero-order valence-electron chi connectivity index (χ0n) is 14.9. The lowest BCUT2D eigenvalue weighted by Crippen LogP contribution is -2.14. The first-order valence-corrected chi connectivity index (χ1v) is 11.8. The third-order valence-corrected chi connectivity index (χ3v) is 7.84. The van der Waals surface area contributed by atoms with Crippen LogP contribution >= 0.6 is 46.1 Å². The zero-order valence-corrected chi connectivity index (χ0v) is 18.8. The molecule has 0 aliphatic carbocycles. The van der Waals surface area contributed by atoms with Gasteiger partial charge >= 0.3 is 0 Å². The Labute approximate surface area is 187 Å². The van der Waals surface area contributed by atoms with E-state index in [4.69, 9.17) is 34.8 Å². The Hall–Kier alpha value is -1.83. The Bertz CT molecular complexity index is 1350. The minimum Gasteiger partial charge on any atom is -0.280 e. The van der Waals surface area contributed by atoms with E-state index in [1.165, 1.54) is 17.4 Å². The second kappa shape index (κ2) is 7.78. The largest absolute Gasteiger partial charge is 0.280 e. The third kappa shape index (κ3) is 4.09. The lowest BCUT2D eigenvalue weighted by atomic mass is 10.2. The van der Waals surface area contributed by atoms with Gasteiger partial charge in [0.15, 0.2) is 0 Å². The van der Waals surface area contributed by atoms with E-state index in [0.29, 0.717) is 31.9 Å². The van der Waals surface area contributed by atoms with E-state index in [1.807, 2.05) is 12.1 Å². The fourth-order valence-electron chi connectivity index (χ4n) is 2.85. The van der Waals surface area contributed by atoms with Gasteiger partial charge in [-0.2, -0.15) is 0 Å². The molecule has 0 saturated carbocycles. The van der Waals surface area contributed by atoms with Crippen molar-refractivity contribution in [3.63, 3.8) is 0 Å². The molecule has 1 heterocycles. The van der Waals surface area contributed by atoms with Crippen LogP contribution in [0.2, 0.25) is 15.1 Å². The topological polar surface area (TPSA) is 59.1 Å². The monoisotopic (exact) mass is 482 g/mol. The number of benzene rings is 3. The number of aromatic nitrogens is 1. The molecule has 29 heavy (non-hydrogen) atoms. The number of anilines is 1. The van der Waals surface area contributed by atoms with E-state index in [2.05, 4.69) is 9.71 Å². The predicted molar refractivity (Wildman–Crippen MR) is 122 cm³/mol. The molecule has 0 unspecified atom stereocenters. The predicted octanol–water partition coefficient (Wildman–Crippen LogP) is 7.03. The molecular formula is C20H13Cl3N2O2S2. The van der Waals surface area contributed by atoms with Crippen molar-refractivity contribution in [1.82, 2.24) is 4.98 Å². The second-order valence-electron chi connectivity index (χ2n) is 6.29. The second-order valence-corrected chi connectivity index (χ2v) is 10.2. The minimum absolute atomic E-state index is 0.119. The summed E-state index contributed by atoms with van der Waals surface area (Å²) in [5.74, 6) is 0. The third-order valence-electron chi connectivity index (χ3n) is 4.31. The molecule has 4 aromatic rings. The Balaban J connectivity index is 1.67. The van der Waals surface area contributed by atoms with Crippen molar-refractivity contribution in [3.8, 4) is 10.6 Å². The van der Waals surface area contributed by atoms with Crippen LogP contribution in [0.3, 0.4) is 0 Å². The summed E-state index contributed by atoms with van der Waals surface area (Å²) in [6, 6.07) is 15.2. The molecule has 1 N–H and O–H groups in total. The molecule has 0 radical (unpaired) electrons. The van der Waals surface area contributed by atoms with Crippen LogP contribution < -0.4 is 4.72 Å². The van der Waals surface area contributed by atoms with E-state index in [0.717, 1.165) is 15.2 Å². The molecule has 0 amide bonds. The van der Waals surface area contributed by atoms with Crippen LogP contribution in [0.15, 0.2) is 59.5 Å². The number of fused-ring (bicyclic) bond motifs is 1. The van der Waals surface area contributed by atoms with E-state index in [-0.39, 0.29) is 4.90 Å². The summed E-state index contributed by atoms with van der Waals surface area (Å²) < 4.78 is 29.0. The van der Waals surface area contributed by atoms with Crippen molar-refractivity contribution in [1.29, 1.82) is 0 Å². The smallest absolute Gasteiger partial charge is 0.262 e. The zero-order chi connectivity index (χ0) is 20.8. The summed E-state index contributed by atoms with van der Waals surface area (Å²) in [7, 11) is -3.81.